The predicted octanol–water partition coefficient (Wildman–Crippen LogP) is 1.23. The smallest absolute Gasteiger partial charge is 0.243 e. The van der Waals surface area contributed by atoms with Gasteiger partial charge in [0, 0.05) is 25.9 Å². The van der Waals surface area contributed by atoms with Crippen molar-refractivity contribution in [3.8, 4) is 0 Å². The molecular formula is C16H22N4O3S. The summed E-state index contributed by atoms with van der Waals surface area (Å²) in [7, 11) is -3.41. The number of aromatic nitrogens is 3. The largest absolute Gasteiger partial charge is 0.396 e. The van der Waals surface area contributed by atoms with Gasteiger partial charge < -0.3 is 5.11 Å². The molecule has 130 valence electrons. The maximum Gasteiger partial charge on any atom is 0.243 e. The second-order valence-electron chi connectivity index (χ2n) is 5.97. The molecule has 0 amide bonds. The molecule has 3 rings (SSSR count). The highest BCUT2D eigenvalue weighted by atomic mass is 32.2. The first-order valence-corrected chi connectivity index (χ1v) is 9.62. The van der Waals surface area contributed by atoms with Gasteiger partial charge in [0.05, 0.1) is 16.6 Å². The molecule has 0 bridgehead atoms. The van der Waals surface area contributed by atoms with Crippen LogP contribution in [0.15, 0.2) is 41.4 Å². The molecule has 2 aromatic rings. The van der Waals surface area contributed by atoms with Crippen LogP contribution in [0.25, 0.3) is 0 Å². The van der Waals surface area contributed by atoms with E-state index in [4.69, 9.17) is 5.11 Å². The summed E-state index contributed by atoms with van der Waals surface area (Å²) >= 11 is 0. The molecule has 1 saturated heterocycles. The Hall–Kier alpha value is -1.77. The maximum absolute atomic E-state index is 12.6. The third-order valence-electron chi connectivity index (χ3n) is 4.33. The first kappa shape index (κ1) is 17.1. The van der Waals surface area contributed by atoms with Gasteiger partial charge in [-0.2, -0.15) is 4.31 Å². The van der Waals surface area contributed by atoms with Crippen LogP contribution >= 0.6 is 0 Å². The molecule has 0 radical (unpaired) electrons. The Morgan fingerprint density at radius 2 is 1.88 bits per heavy atom. The average molecular weight is 350 g/mol. The van der Waals surface area contributed by atoms with E-state index in [0.29, 0.717) is 30.8 Å². The molecule has 1 N–H and O–H groups in total. The fourth-order valence-corrected chi connectivity index (χ4v) is 4.45. The molecule has 1 fully saturated rings. The van der Waals surface area contributed by atoms with Crippen LogP contribution < -0.4 is 0 Å². The van der Waals surface area contributed by atoms with Crippen LogP contribution in [-0.2, 0) is 16.4 Å². The molecular weight excluding hydrogens is 328 g/mol. The van der Waals surface area contributed by atoms with E-state index in [-0.39, 0.29) is 12.6 Å². The van der Waals surface area contributed by atoms with Gasteiger partial charge in [-0.1, -0.05) is 23.4 Å². The van der Waals surface area contributed by atoms with E-state index in [1.165, 1.54) is 0 Å². The Balaban J connectivity index is 1.62. The van der Waals surface area contributed by atoms with Crippen molar-refractivity contribution in [2.24, 2.45) is 0 Å². The van der Waals surface area contributed by atoms with Gasteiger partial charge in [-0.3, -0.25) is 0 Å². The lowest BCUT2D eigenvalue weighted by molar-refractivity contribution is 0.258. The molecule has 0 unspecified atom stereocenters. The van der Waals surface area contributed by atoms with E-state index in [0.717, 1.165) is 18.5 Å². The number of benzene rings is 1. The lowest BCUT2D eigenvalue weighted by Crippen LogP contribution is -2.39. The first-order chi connectivity index (χ1) is 11.6. The molecule has 0 saturated carbocycles. The van der Waals surface area contributed by atoms with Crippen LogP contribution in [0.1, 0.15) is 31.0 Å². The normalized spacial score (nSPS) is 17.2. The van der Waals surface area contributed by atoms with Crippen molar-refractivity contribution in [3.63, 3.8) is 0 Å². The van der Waals surface area contributed by atoms with Gasteiger partial charge >= 0.3 is 0 Å². The minimum absolute atomic E-state index is 0.141. The molecule has 1 aliphatic rings. The van der Waals surface area contributed by atoms with Gasteiger partial charge in [-0.25, -0.2) is 13.1 Å². The van der Waals surface area contributed by atoms with Crippen LogP contribution in [-0.4, -0.2) is 52.5 Å². The van der Waals surface area contributed by atoms with Crippen molar-refractivity contribution in [2.75, 3.05) is 19.7 Å². The fraction of sp³-hybridized carbons (Fsp3) is 0.500. The molecule has 8 heteroatoms. The van der Waals surface area contributed by atoms with E-state index >= 15 is 0 Å². The Morgan fingerprint density at radius 3 is 2.54 bits per heavy atom. The zero-order chi connectivity index (χ0) is 17.0. The van der Waals surface area contributed by atoms with Crippen LogP contribution in [0.3, 0.4) is 0 Å². The number of rotatable bonds is 6. The molecule has 0 spiro atoms. The standard InChI is InChI=1S/C16H22N4O3S/c21-12-4-5-14-13-20(18-17-14)15-8-10-19(11-9-15)24(22,23)16-6-2-1-3-7-16/h1-3,6-7,13,15,21H,4-5,8-12H2. The van der Waals surface area contributed by atoms with Gasteiger partial charge in [0.25, 0.3) is 0 Å². The maximum atomic E-state index is 12.6. The Labute approximate surface area is 142 Å². The van der Waals surface area contributed by atoms with Gasteiger partial charge in [0.2, 0.25) is 10.0 Å². The first-order valence-electron chi connectivity index (χ1n) is 8.18. The number of sulfonamides is 1. The molecule has 0 atom stereocenters. The Bertz CT molecular complexity index is 753. The summed E-state index contributed by atoms with van der Waals surface area (Å²) in [5, 5.41) is 17.1. The zero-order valence-corrected chi connectivity index (χ0v) is 14.3. The summed E-state index contributed by atoms with van der Waals surface area (Å²) in [5.41, 5.74) is 0.864. The van der Waals surface area contributed by atoms with Crippen molar-refractivity contribution < 1.29 is 13.5 Å². The van der Waals surface area contributed by atoms with E-state index < -0.39 is 10.0 Å². The second kappa shape index (κ2) is 7.42. The zero-order valence-electron chi connectivity index (χ0n) is 13.5. The lowest BCUT2D eigenvalue weighted by atomic mass is 10.1. The summed E-state index contributed by atoms with van der Waals surface area (Å²) in [6, 6.07) is 8.72. The highest BCUT2D eigenvalue weighted by Gasteiger charge is 2.30. The average Bonchev–Trinajstić information content (AvgIpc) is 3.10. The van der Waals surface area contributed by atoms with Crippen LogP contribution in [0.4, 0.5) is 0 Å². The fourth-order valence-electron chi connectivity index (χ4n) is 2.96. The second-order valence-corrected chi connectivity index (χ2v) is 7.90. The monoisotopic (exact) mass is 350 g/mol. The summed E-state index contributed by atoms with van der Waals surface area (Å²) in [6.45, 7) is 1.10. The number of nitrogens with zero attached hydrogens (tertiary/aromatic N) is 4. The van der Waals surface area contributed by atoms with Crippen LogP contribution in [0.5, 0.6) is 0 Å². The van der Waals surface area contributed by atoms with Gasteiger partial charge in [-0.05, 0) is 37.8 Å². The molecule has 7 nitrogen and oxygen atoms in total. The predicted molar refractivity (Wildman–Crippen MR) is 88.9 cm³/mol. The minimum Gasteiger partial charge on any atom is -0.396 e. The molecule has 1 aromatic carbocycles. The van der Waals surface area contributed by atoms with Crippen molar-refractivity contribution in [2.45, 2.75) is 36.6 Å². The quantitative estimate of drug-likeness (QED) is 0.846. The van der Waals surface area contributed by atoms with Gasteiger partial charge in [-0.15, -0.1) is 5.10 Å². The third kappa shape index (κ3) is 3.66. The molecule has 1 aliphatic heterocycles. The van der Waals surface area contributed by atoms with E-state index in [9.17, 15) is 8.42 Å². The number of aryl methyl sites for hydroxylation is 1. The van der Waals surface area contributed by atoms with Crippen molar-refractivity contribution >= 4 is 10.0 Å². The van der Waals surface area contributed by atoms with Crippen molar-refractivity contribution in [3.05, 3.63) is 42.2 Å². The van der Waals surface area contributed by atoms with Crippen molar-refractivity contribution in [1.82, 2.24) is 19.3 Å². The molecule has 2 heterocycles. The number of hydrogen-bond donors (Lipinski definition) is 1. The van der Waals surface area contributed by atoms with E-state index in [1.54, 1.807) is 28.6 Å². The molecule has 0 aliphatic carbocycles. The SMILES string of the molecule is O=S(=O)(c1ccccc1)N1CCC(n2cc(CCCO)nn2)CC1. The number of piperidine rings is 1. The summed E-state index contributed by atoms with van der Waals surface area (Å²) < 4.78 is 28.6. The summed E-state index contributed by atoms with van der Waals surface area (Å²) in [4.78, 5) is 0.343. The topological polar surface area (TPSA) is 88.3 Å². The van der Waals surface area contributed by atoms with Crippen molar-refractivity contribution in [1.29, 1.82) is 0 Å². The molecule has 1 aromatic heterocycles. The van der Waals surface area contributed by atoms with Crippen LogP contribution in [0, 0.1) is 0 Å². The Morgan fingerprint density at radius 1 is 1.17 bits per heavy atom. The Kier molecular flexibility index (Phi) is 5.27. The highest BCUT2D eigenvalue weighted by Crippen LogP contribution is 2.26. The highest BCUT2D eigenvalue weighted by molar-refractivity contribution is 7.89. The number of hydrogen-bond acceptors (Lipinski definition) is 5. The minimum atomic E-state index is -3.41. The van der Waals surface area contributed by atoms with Crippen LogP contribution in [0.2, 0.25) is 0 Å². The number of aliphatic hydroxyl groups excluding tert-OH is 1. The van der Waals surface area contributed by atoms with Gasteiger partial charge in [0.15, 0.2) is 0 Å². The number of aliphatic hydroxyl groups is 1. The lowest BCUT2D eigenvalue weighted by Gasteiger charge is -2.31. The van der Waals surface area contributed by atoms with Gasteiger partial charge in [0.1, 0.15) is 0 Å². The van der Waals surface area contributed by atoms with E-state index in [2.05, 4.69) is 10.3 Å². The van der Waals surface area contributed by atoms with E-state index in [1.807, 2.05) is 16.9 Å². The third-order valence-corrected chi connectivity index (χ3v) is 6.24. The summed E-state index contributed by atoms with van der Waals surface area (Å²) in [6.07, 6.45) is 4.72. The molecule has 24 heavy (non-hydrogen) atoms. The summed E-state index contributed by atoms with van der Waals surface area (Å²) in [5.74, 6) is 0.